The molecule has 4 aromatic carbocycles. The zero-order valence-electron chi connectivity index (χ0n) is 18.2. The molecule has 0 unspecified atom stereocenters. The van der Waals surface area contributed by atoms with Crippen LogP contribution in [0.25, 0.3) is 50.3 Å². The highest BCUT2D eigenvalue weighted by atomic mass is 16.4. The lowest BCUT2D eigenvalue weighted by atomic mass is 9.79. The second-order valence-electron chi connectivity index (χ2n) is 8.14. The van der Waals surface area contributed by atoms with Crippen molar-refractivity contribution in [3.8, 4) is 28.5 Å². The smallest absolute Gasteiger partial charge is 0.423 e. The molecule has 6 aromatic rings. The molecule has 2 aromatic heterocycles. The molecule has 0 saturated heterocycles. The molecule has 5 nitrogen and oxygen atoms in total. The Morgan fingerprint density at radius 3 is 1.76 bits per heavy atom. The highest BCUT2D eigenvalue weighted by molar-refractivity contribution is 6.62. The van der Waals surface area contributed by atoms with E-state index < -0.39 is 7.12 Å². The summed E-state index contributed by atoms with van der Waals surface area (Å²) in [7, 11) is -1.63. The molecular weight excluding hydrogens is 421 g/mol. The lowest BCUT2D eigenvalue weighted by Gasteiger charge is -2.13. The van der Waals surface area contributed by atoms with Gasteiger partial charge >= 0.3 is 7.12 Å². The van der Waals surface area contributed by atoms with Crippen LogP contribution in [0.4, 0.5) is 0 Å². The van der Waals surface area contributed by atoms with Crippen LogP contribution in [0, 0.1) is 0 Å². The van der Waals surface area contributed by atoms with Crippen LogP contribution < -0.4 is 5.46 Å². The Kier molecular flexibility index (Phi) is 4.95. The average Bonchev–Trinajstić information content (AvgIpc) is 3.24. The van der Waals surface area contributed by atoms with Gasteiger partial charge in [-0.15, -0.1) is 0 Å². The van der Waals surface area contributed by atoms with Gasteiger partial charge in [-0.2, -0.15) is 0 Å². The predicted molar refractivity (Wildman–Crippen MR) is 137 cm³/mol. The van der Waals surface area contributed by atoms with E-state index in [0.717, 1.165) is 38.8 Å². The van der Waals surface area contributed by atoms with Gasteiger partial charge in [0.2, 0.25) is 5.95 Å². The standard InChI is InChI=1S/C28H20BN3O2/c33-29(34)23-16-9-15-22-21-14-7-8-17-26(21)32(27(22)23)28-30-24(19-10-3-1-4-11-19)18-25(31-28)20-12-5-2-6-13-20/h1-18,33-34H. The van der Waals surface area contributed by atoms with E-state index in [0.29, 0.717) is 16.9 Å². The van der Waals surface area contributed by atoms with Gasteiger partial charge in [0.15, 0.2) is 0 Å². The normalized spacial score (nSPS) is 11.2. The Morgan fingerprint density at radius 1 is 0.588 bits per heavy atom. The highest BCUT2D eigenvalue weighted by Crippen LogP contribution is 2.32. The van der Waals surface area contributed by atoms with Crippen molar-refractivity contribution >= 4 is 34.4 Å². The van der Waals surface area contributed by atoms with Gasteiger partial charge in [0, 0.05) is 27.4 Å². The lowest BCUT2D eigenvalue weighted by molar-refractivity contribution is 0.426. The van der Waals surface area contributed by atoms with Gasteiger partial charge in [0.25, 0.3) is 0 Å². The average molecular weight is 441 g/mol. The molecular formula is C28H20BN3O2. The van der Waals surface area contributed by atoms with E-state index in [-0.39, 0.29) is 0 Å². The summed E-state index contributed by atoms with van der Waals surface area (Å²) in [4.78, 5) is 9.92. The maximum atomic E-state index is 10.2. The number of aromatic nitrogens is 3. The van der Waals surface area contributed by atoms with Crippen molar-refractivity contribution in [2.75, 3.05) is 0 Å². The van der Waals surface area contributed by atoms with Gasteiger partial charge in [-0.1, -0.05) is 97.1 Å². The van der Waals surface area contributed by atoms with Crippen LogP contribution in [-0.4, -0.2) is 31.7 Å². The van der Waals surface area contributed by atoms with E-state index in [2.05, 4.69) is 0 Å². The lowest BCUT2D eigenvalue weighted by Crippen LogP contribution is -2.31. The summed E-state index contributed by atoms with van der Waals surface area (Å²) in [5.74, 6) is 0.472. The third kappa shape index (κ3) is 3.37. The molecule has 0 aliphatic rings. The molecule has 6 rings (SSSR count). The Hall–Kier alpha value is -4.26. The SMILES string of the molecule is OB(O)c1cccc2c3ccccc3n(-c3nc(-c4ccccc4)cc(-c4ccccc4)n3)c12. The third-order valence-electron chi connectivity index (χ3n) is 6.06. The number of nitrogens with zero attached hydrogens (tertiary/aromatic N) is 3. The van der Waals surface area contributed by atoms with Crippen LogP contribution >= 0.6 is 0 Å². The van der Waals surface area contributed by atoms with Crippen LogP contribution in [0.3, 0.4) is 0 Å². The van der Waals surface area contributed by atoms with Gasteiger partial charge in [0.05, 0.1) is 22.4 Å². The largest absolute Gasteiger partial charge is 0.490 e. The predicted octanol–water partition coefficient (Wildman–Crippen LogP) is 4.59. The number of fused-ring (bicyclic) bond motifs is 3. The van der Waals surface area contributed by atoms with Crippen molar-refractivity contribution in [2.45, 2.75) is 0 Å². The van der Waals surface area contributed by atoms with Crippen molar-refractivity contribution in [3.63, 3.8) is 0 Å². The summed E-state index contributed by atoms with van der Waals surface area (Å²) >= 11 is 0. The monoisotopic (exact) mass is 441 g/mol. The van der Waals surface area contributed by atoms with Crippen LogP contribution in [0.1, 0.15) is 0 Å². The third-order valence-corrected chi connectivity index (χ3v) is 6.06. The summed E-state index contributed by atoms with van der Waals surface area (Å²) < 4.78 is 1.93. The van der Waals surface area contributed by atoms with E-state index in [4.69, 9.17) is 9.97 Å². The number of hydrogen-bond acceptors (Lipinski definition) is 4. The zero-order chi connectivity index (χ0) is 23.1. The van der Waals surface area contributed by atoms with Crippen molar-refractivity contribution in [1.82, 2.24) is 14.5 Å². The first-order valence-corrected chi connectivity index (χ1v) is 11.1. The van der Waals surface area contributed by atoms with Gasteiger partial charge in [0.1, 0.15) is 0 Å². The van der Waals surface area contributed by atoms with Crippen molar-refractivity contribution in [3.05, 3.63) is 109 Å². The Morgan fingerprint density at radius 2 is 1.15 bits per heavy atom. The Labute approximate surface area is 196 Å². The summed E-state index contributed by atoms with van der Waals surface area (Å²) in [6.45, 7) is 0. The van der Waals surface area contributed by atoms with Crippen LogP contribution in [0.15, 0.2) is 109 Å². The first-order chi connectivity index (χ1) is 16.7. The molecule has 34 heavy (non-hydrogen) atoms. The van der Waals surface area contributed by atoms with Gasteiger partial charge in [-0.25, -0.2) is 9.97 Å². The molecule has 0 spiro atoms. The quantitative estimate of drug-likeness (QED) is 0.393. The molecule has 2 heterocycles. The molecule has 0 aliphatic heterocycles. The summed E-state index contributed by atoms with van der Waals surface area (Å²) in [5, 5.41) is 22.3. The van der Waals surface area contributed by atoms with Crippen molar-refractivity contribution in [1.29, 1.82) is 0 Å². The minimum absolute atomic E-state index is 0.406. The number of benzene rings is 4. The van der Waals surface area contributed by atoms with E-state index in [1.165, 1.54) is 0 Å². The molecule has 0 amide bonds. The Balaban J connectivity index is 1.73. The molecule has 0 atom stereocenters. The minimum atomic E-state index is -1.63. The summed E-state index contributed by atoms with van der Waals surface area (Å²) in [6, 6.07) is 35.5. The van der Waals surface area contributed by atoms with E-state index >= 15 is 0 Å². The topological polar surface area (TPSA) is 71.2 Å². The minimum Gasteiger partial charge on any atom is -0.423 e. The van der Waals surface area contributed by atoms with Gasteiger partial charge in [-0.3, -0.25) is 4.57 Å². The molecule has 0 aliphatic carbocycles. The summed E-state index contributed by atoms with van der Waals surface area (Å²) in [6.07, 6.45) is 0. The zero-order valence-corrected chi connectivity index (χ0v) is 18.2. The van der Waals surface area contributed by atoms with Crippen molar-refractivity contribution in [2.24, 2.45) is 0 Å². The first-order valence-electron chi connectivity index (χ1n) is 11.1. The number of hydrogen-bond donors (Lipinski definition) is 2. The Bertz CT molecular complexity index is 1570. The molecule has 2 N–H and O–H groups in total. The fourth-order valence-electron chi connectivity index (χ4n) is 4.51. The molecule has 0 saturated carbocycles. The van der Waals surface area contributed by atoms with Crippen LogP contribution in [0.2, 0.25) is 0 Å². The van der Waals surface area contributed by atoms with E-state index in [1.54, 1.807) is 6.07 Å². The summed E-state index contributed by atoms with van der Waals surface area (Å²) in [5.41, 5.74) is 5.52. The number of para-hydroxylation sites is 2. The highest BCUT2D eigenvalue weighted by Gasteiger charge is 2.23. The molecule has 0 radical (unpaired) electrons. The second-order valence-corrected chi connectivity index (χ2v) is 8.14. The van der Waals surface area contributed by atoms with Gasteiger partial charge in [-0.05, 0) is 12.1 Å². The molecule has 0 bridgehead atoms. The molecule has 162 valence electrons. The van der Waals surface area contributed by atoms with Crippen LogP contribution in [0.5, 0.6) is 0 Å². The molecule has 6 heteroatoms. The maximum Gasteiger partial charge on any atom is 0.490 e. The number of rotatable bonds is 4. The maximum absolute atomic E-state index is 10.2. The fourth-order valence-corrected chi connectivity index (χ4v) is 4.51. The van der Waals surface area contributed by atoms with E-state index in [1.807, 2.05) is 108 Å². The fraction of sp³-hybridized carbons (Fsp3) is 0. The van der Waals surface area contributed by atoms with Gasteiger partial charge < -0.3 is 10.0 Å². The molecule has 0 fully saturated rings. The second kappa shape index (κ2) is 8.26. The van der Waals surface area contributed by atoms with Crippen molar-refractivity contribution < 1.29 is 10.0 Å². The van der Waals surface area contributed by atoms with Crippen LogP contribution in [-0.2, 0) is 0 Å². The van der Waals surface area contributed by atoms with E-state index in [9.17, 15) is 10.0 Å². The first kappa shape index (κ1) is 20.4.